The number of hydrogen-bond donors (Lipinski definition) is 1. The predicted molar refractivity (Wildman–Crippen MR) is 49.7 cm³/mol. The Morgan fingerprint density at radius 2 is 2.36 bits per heavy atom. The number of rotatable bonds is 8. The summed E-state index contributed by atoms with van der Waals surface area (Å²) in [5.74, 6) is -0.306. The van der Waals surface area contributed by atoms with E-state index in [0.29, 0.717) is 26.3 Å². The zero-order valence-electron chi connectivity index (χ0n) is 8.10. The van der Waals surface area contributed by atoms with Crippen LogP contribution in [0, 0.1) is 0 Å². The van der Waals surface area contributed by atoms with Gasteiger partial charge in [0.2, 0.25) is 0 Å². The molecular weight excluding hydrogens is 188 g/mol. The van der Waals surface area contributed by atoms with E-state index < -0.39 is 0 Å². The smallest absolute Gasteiger partial charge is 0.319 e. The van der Waals surface area contributed by atoms with Crippen LogP contribution in [0.4, 0.5) is 0 Å². The number of carbonyl (C=O) groups is 1. The van der Waals surface area contributed by atoms with Gasteiger partial charge in [0, 0.05) is 18.0 Å². The number of nitrogens with zero attached hydrogens (tertiary/aromatic N) is 3. The van der Waals surface area contributed by atoms with Crippen molar-refractivity contribution in [2.75, 3.05) is 40.0 Å². The van der Waals surface area contributed by atoms with Gasteiger partial charge in [-0.15, -0.1) is 0 Å². The normalized spacial score (nSPS) is 9.21. The molecule has 0 aromatic heterocycles. The Morgan fingerprint density at radius 3 is 3.00 bits per heavy atom. The zero-order valence-corrected chi connectivity index (χ0v) is 8.10. The Morgan fingerprint density at radius 1 is 1.57 bits per heavy atom. The molecule has 0 unspecified atom stereocenters. The van der Waals surface area contributed by atoms with Crippen LogP contribution in [-0.4, -0.2) is 45.9 Å². The number of carbonyl (C=O) groups excluding carboxylic acids is 1. The molecule has 0 spiro atoms. The summed E-state index contributed by atoms with van der Waals surface area (Å²) in [5, 5.41) is 6.12. The molecule has 0 saturated heterocycles. The highest BCUT2D eigenvalue weighted by molar-refractivity contribution is 5.71. The lowest BCUT2D eigenvalue weighted by Gasteiger charge is -2.03. The first kappa shape index (κ1) is 12.7. The van der Waals surface area contributed by atoms with E-state index in [4.69, 9.17) is 10.3 Å². The van der Waals surface area contributed by atoms with E-state index in [0.717, 1.165) is 0 Å². The van der Waals surface area contributed by atoms with Gasteiger partial charge in [-0.3, -0.25) is 4.79 Å². The maximum Gasteiger partial charge on any atom is 0.319 e. The first-order chi connectivity index (χ1) is 6.81. The predicted octanol–water partition coefficient (Wildman–Crippen LogP) is 0.0759. The average Bonchev–Trinajstić information content (AvgIpc) is 2.21. The highest BCUT2D eigenvalue weighted by atomic mass is 16.5. The van der Waals surface area contributed by atoms with Gasteiger partial charge >= 0.3 is 5.97 Å². The van der Waals surface area contributed by atoms with E-state index in [-0.39, 0.29) is 12.5 Å². The van der Waals surface area contributed by atoms with Crippen molar-refractivity contribution in [2.24, 2.45) is 5.11 Å². The Kier molecular flexibility index (Phi) is 8.88. The van der Waals surface area contributed by atoms with Crippen molar-refractivity contribution in [1.82, 2.24) is 5.32 Å². The van der Waals surface area contributed by atoms with Crippen LogP contribution in [0.25, 0.3) is 10.4 Å². The Balaban J connectivity index is 3.06. The van der Waals surface area contributed by atoms with Gasteiger partial charge in [0.1, 0.15) is 0 Å². The topological polar surface area (TPSA) is 96.3 Å². The fourth-order valence-corrected chi connectivity index (χ4v) is 0.659. The summed E-state index contributed by atoms with van der Waals surface area (Å²) in [6, 6.07) is 0. The lowest BCUT2D eigenvalue weighted by atomic mass is 10.6. The van der Waals surface area contributed by atoms with Crippen LogP contribution in [0.2, 0.25) is 0 Å². The Labute approximate surface area is 82.0 Å². The Bertz CT molecular complexity index is 203. The van der Waals surface area contributed by atoms with E-state index in [2.05, 4.69) is 20.1 Å². The highest BCUT2D eigenvalue weighted by Crippen LogP contribution is 1.77. The van der Waals surface area contributed by atoms with Gasteiger partial charge in [0.25, 0.3) is 0 Å². The van der Waals surface area contributed by atoms with Crippen LogP contribution in [-0.2, 0) is 14.3 Å². The Hall–Kier alpha value is -1.30. The third-order valence-electron chi connectivity index (χ3n) is 1.32. The molecule has 1 N–H and O–H groups in total. The number of nitrogens with one attached hydrogen (secondary N) is 1. The minimum Gasteiger partial charge on any atom is -0.468 e. The quantitative estimate of drug-likeness (QED) is 0.198. The van der Waals surface area contributed by atoms with Crippen LogP contribution >= 0.6 is 0 Å². The molecule has 0 bridgehead atoms. The van der Waals surface area contributed by atoms with Gasteiger partial charge in [-0.2, -0.15) is 0 Å². The van der Waals surface area contributed by atoms with E-state index in [1.807, 2.05) is 0 Å². The van der Waals surface area contributed by atoms with Crippen molar-refractivity contribution in [3.05, 3.63) is 10.4 Å². The van der Waals surface area contributed by atoms with Crippen LogP contribution in [0.15, 0.2) is 5.11 Å². The van der Waals surface area contributed by atoms with Crippen molar-refractivity contribution >= 4 is 5.97 Å². The van der Waals surface area contributed by atoms with Crippen molar-refractivity contribution in [1.29, 1.82) is 0 Å². The van der Waals surface area contributed by atoms with Crippen LogP contribution in [0.3, 0.4) is 0 Å². The summed E-state index contributed by atoms with van der Waals surface area (Å²) in [6.07, 6.45) is 0. The third kappa shape index (κ3) is 8.79. The van der Waals surface area contributed by atoms with Crippen molar-refractivity contribution in [3.8, 4) is 0 Å². The second-order valence-corrected chi connectivity index (χ2v) is 2.32. The maximum absolute atomic E-state index is 10.6. The van der Waals surface area contributed by atoms with Crippen LogP contribution < -0.4 is 5.32 Å². The van der Waals surface area contributed by atoms with Gasteiger partial charge in [-0.25, -0.2) is 0 Å². The molecule has 7 nitrogen and oxygen atoms in total. The molecule has 0 aliphatic rings. The fourth-order valence-electron chi connectivity index (χ4n) is 0.659. The van der Waals surface area contributed by atoms with Crippen molar-refractivity contribution < 1.29 is 14.3 Å². The third-order valence-corrected chi connectivity index (χ3v) is 1.32. The second-order valence-electron chi connectivity index (χ2n) is 2.32. The summed E-state index contributed by atoms with van der Waals surface area (Å²) in [4.78, 5) is 13.2. The van der Waals surface area contributed by atoms with E-state index >= 15 is 0 Å². The molecule has 7 heteroatoms. The second kappa shape index (κ2) is 9.79. The van der Waals surface area contributed by atoms with E-state index in [9.17, 15) is 4.79 Å². The zero-order chi connectivity index (χ0) is 10.6. The summed E-state index contributed by atoms with van der Waals surface area (Å²) in [6.45, 7) is 1.93. The first-order valence-electron chi connectivity index (χ1n) is 4.17. The lowest BCUT2D eigenvalue weighted by Crippen LogP contribution is -2.27. The number of hydrogen-bond acceptors (Lipinski definition) is 5. The number of methoxy groups -OCH3 is 1. The summed E-state index contributed by atoms with van der Waals surface area (Å²) in [7, 11) is 1.33. The van der Waals surface area contributed by atoms with Crippen LogP contribution in [0.5, 0.6) is 0 Å². The average molecular weight is 202 g/mol. The number of ether oxygens (including phenoxy) is 2. The molecular formula is C7H14N4O3. The molecule has 0 aromatic rings. The van der Waals surface area contributed by atoms with E-state index in [1.54, 1.807) is 0 Å². The van der Waals surface area contributed by atoms with Crippen molar-refractivity contribution in [2.45, 2.75) is 0 Å². The molecule has 0 aromatic carbocycles. The van der Waals surface area contributed by atoms with Gasteiger partial charge in [0.15, 0.2) is 0 Å². The first-order valence-corrected chi connectivity index (χ1v) is 4.17. The highest BCUT2D eigenvalue weighted by Gasteiger charge is 1.96. The maximum atomic E-state index is 10.6. The molecule has 0 saturated carbocycles. The minimum absolute atomic E-state index is 0.177. The molecule has 14 heavy (non-hydrogen) atoms. The van der Waals surface area contributed by atoms with Crippen LogP contribution in [0.1, 0.15) is 0 Å². The number of azide groups is 1. The van der Waals surface area contributed by atoms with Gasteiger partial charge in [-0.05, 0) is 5.53 Å². The summed E-state index contributed by atoms with van der Waals surface area (Å²) >= 11 is 0. The molecule has 0 atom stereocenters. The molecule has 0 fully saturated rings. The lowest BCUT2D eigenvalue weighted by molar-refractivity contribution is -0.139. The number of esters is 1. The molecule has 0 rings (SSSR count). The van der Waals surface area contributed by atoms with Crippen molar-refractivity contribution in [3.63, 3.8) is 0 Å². The fraction of sp³-hybridized carbons (Fsp3) is 0.857. The van der Waals surface area contributed by atoms with E-state index in [1.165, 1.54) is 7.11 Å². The standard InChI is InChI=1S/C7H14N4O3/c1-13-7(12)6-9-2-4-14-5-3-10-11-8/h9H,2-6H2,1H3. The molecule has 80 valence electrons. The SMILES string of the molecule is COC(=O)CNCCOCCN=[N+]=[N-]. The summed E-state index contributed by atoms with van der Waals surface area (Å²) < 4.78 is 9.48. The minimum atomic E-state index is -0.306. The molecule has 0 radical (unpaired) electrons. The monoisotopic (exact) mass is 202 g/mol. The molecule has 0 heterocycles. The molecule has 0 aliphatic heterocycles. The molecule has 0 amide bonds. The van der Waals surface area contributed by atoms with Gasteiger partial charge in [-0.1, -0.05) is 5.11 Å². The molecule has 0 aliphatic carbocycles. The van der Waals surface area contributed by atoms with Gasteiger partial charge < -0.3 is 14.8 Å². The largest absolute Gasteiger partial charge is 0.468 e. The summed E-state index contributed by atoms with van der Waals surface area (Å²) in [5.41, 5.74) is 7.93. The van der Waals surface area contributed by atoms with Gasteiger partial charge in [0.05, 0.1) is 26.9 Å².